The van der Waals surface area contributed by atoms with Crippen LogP contribution in [-0.2, 0) is 4.79 Å². The minimum atomic E-state index is 0.101. The number of carbonyl (C=O) groups excluding carboxylic acids is 1. The number of rotatable bonds is 6. The quantitative estimate of drug-likeness (QED) is 0.861. The molecule has 1 fully saturated rings. The van der Waals surface area contributed by atoms with Crippen LogP contribution in [0.2, 0.25) is 0 Å². The lowest BCUT2D eigenvalue weighted by Crippen LogP contribution is -2.25. The molecule has 1 amide bonds. The Morgan fingerprint density at radius 3 is 2.52 bits per heavy atom. The molecule has 2 rings (SSSR count). The molecule has 0 bridgehead atoms. The van der Waals surface area contributed by atoms with Crippen LogP contribution in [0.25, 0.3) is 0 Å². The first-order valence-corrected chi connectivity index (χ1v) is 7.95. The standard InChI is InChI=1S/C17H25NO3/c1-3-20-14-10-11-16(21-4-2)15(12-14)18-17(19)13-8-6-5-7-9-13/h10-13H,3-9H2,1-2H3,(H,18,19). The maximum atomic E-state index is 12.4. The van der Waals surface area contributed by atoms with Gasteiger partial charge in [-0.2, -0.15) is 0 Å². The predicted octanol–water partition coefficient (Wildman–Crippen LogP) is 4.00. The van der Waals surface area contributed by atoms with Crippen molar-refractivity contribution >= 4 is 11.6 Å². The molecule has 21 heavy (non-hydrogen) atoms. The summed E-state index contributed by atoms with van der Waals surface area (Å²) in [6.45, 7) is 5.05. The van der Waals surface area contributed by atoms with Crippen molar-refractivity contribution in [1.29, 1.82) is 0 Å². The smallest absolute Gasteiger partial charge is 0.227 e. The third-order valence-electron chi connectivity index (χ3n) is 3.80. The van der Waals surface area contributed by atoms with Crippen molar-refractivity contribution in [3.63, 3.8) is 0 Å². The average Bonchev–Trinajstić information content (AvgIpc) is 2.51. The van der Waals surface area contributed by atoms with E-state index >= 15 is 0 Å². The lowest BCUT2D eigenvalue weighted by atomic mass is 9.88. The minimum absolute atomic E-state index is 0.101. The van der Waals surface area contributed by atoms with Crippen LogP contribution < -0.4 is 14.8 Å². The normalized spacial score (nSPS) is 15.5. The first-order chi connectivity index (χ1) is 10.2. The average molecular weight is 291 g/mol. The number of benzene rings is 1. The molecular weight excluding hydrogens is 266 g/mol. The van der Waals surface area contributed by atoms with Gasteiger partial charge in [0.25, 0.3) is 0 Å². The molecule has 1 aliphatic carbocycles. The lowest BCUT2D eigenvalue weighted by molar-refractivity contribution is -0.120. The van der Waals surface area contributed by atoms with Gasteiger partial charge in [0.1, 0.15) is 11.5 Å². The Labute approximate surface area is 126 Å². The third kappa shape index (κ3) is 4.38. The number of anilines is 1. The molecule has 0 unspecified atom stereocenters. The molecule has 4 nitrogen and oxygen atoms in total. The zero-order valence-corrected chi connectivity index (χ0v) is 13.0. The molecule has 1 aliphatic rings. The zero-order valence-electron chi connectivity index (χ0n) is 13.0. The van der Waals surface area contributed by atoms with Crippen LogP contribution in [-0.4, -0.2) is 19.1 Å². The van der Waals surface area contributed by atoms with Crippen molar-refractivity contribution in [3.05, 3.63) is 18.2 Å². The van der Waals surface area contributed by atoms with Crippen LogP contribution in [0.5, 0.6) is 11.5 Å². The molecule has 4 heteroatoms. The number of carbonyl (C=O) groups is 1. The molecule has 0 aliphatic heterocycles. The Bertz CT molecular complexity index is 467. The van der Waals surface area contributed by atoms with Gasteiger partial charge < -0.3 is 14.8 Å². The van der Waals surface area contributed by atoms with Crippen LogP contribution >= 0.6 is 0 Å². The molecule has 0 saturated heterocycles. The molecule has 0 radical (unpaired) electrons. The Morgan fingerprint density at radius 2 is 1.86 bits per heavy atom. The fourth-order valence-electron chi connectivity index (χ4n) is 2.74. The summed E-state index contributed by atoms with van der Waals surface area (Å²) in [7, 11) is 0. The molecular formula is C17H25NO3. The van der Waals surface area contributed by atoms with Crippen LogP contribution in [0, 0.1) is 5.92 Å². The van der Waals surface area contributed by atoms with E-state index in [1.165, 1.54) is 6.42 Å². The van der Waals surface area contributed by atoms with Crippen LogP contribution in [0.1, 0.15) is 46.0 Å². The molecule has 0 aromatic heterocycles. The highest BCUT2D eigenvalue weighted by Gasteiger charge is 2.22. The molecule has 0 spiro atoms. The van der Waals surface area contributed by atoms with Crippen molar-refractivity contribution in [2.45, 2.75) is 46.0 Å². The van der Waals surface area contributed by atoms with Crippen molar-refractivity contribution in [2.75, 3.05) is 18.5 Å². The van der Waals surface area contributed by atoms with E-state index in [0.29, 0.717) is 24.7 Å². The highest BCUT2D eigenvalue weighted by Crippen LogP contribution is 2.31. The van der Waals surface area contributed by atoms with E-state index in [9.17, 15) is 4.79 Å². The maximum Gasteiger partial charge on any atom is 0.227 e. The molecule has 1 saturated carbocycles. The van der Waals surface area contributed by atoms with E-state index in [-0.39, 0.29) is 11.8 Å². The van der Waals surface area contributed by atoms with Crippen molar-refractivity contribution in [1.82, 2.24) is 0 Å². The number of ether oxygens (including phenoxy) is 2. The topological polar surface area (TPSA) is 47.6 Å². The lowest BCUT2D eigenvalue weighted by Gasteiger charge is -2.21. The first kappa shape index (κ1) is 15.7. The molecule has 0 heterocycles. The van der Waals surface area contributed by atoms with Gasteiger partial charge in [0.15, 0.2) is 0 Å². The third-order valence-corrected chi connectivity index (χ3v) is 3.80. The number of hydrogen-bond acceptors (Lipinski definition) is 3. The second-order valence-electron chi connectivity index (χ2n) is 5.35. The van der Waals surface area contributed by atoms with Gasteiger partial charge in [0.05, 0.1) is 18.9 Å². The second kappa shape index (κ2) is 7.91. The fraction of sp³-hybridized carbons (Fsp3) is 0.588. The van der Waals surface area contributed by atoms with Gasteiger partial charge >= 0.3 is 0 Å². The summed E-state index contributed by atoms with van der Waals surface area (Å²) >= 11 is 0. The van der Waals surface area contributed by atoms with Gasteiger partial charge in [-0.05, 0) is 38.8 Å². The van der Waals surface area contributed by atoms with Crippen LogP contribution in [0.3, 0.4) is 0 Å². The summed E-state index contributed by atoms with van der Waals surface area (Å²) in [6.07, 6.45) is 5.51. The SMILES string of the molecule is CCOc1ccc(OCC)c(NC(=O)C2CCCCC2)c1. The largest absolute Gasteiger partial charge is 0.494 e. The summed E-state index contributed by atoms with van der Waals surface area (Å²) in [5, 5.41) is 3.02. The monoisotopic (exact) mass is 291 g/mol. The zero-order chi connectivity index (χ0) is 15.1. The molecule has 116 valence electrons. The van der Waals surface area contributed by atoms with Crippen molar-refractivity contribution in [2.24, 2.45) is 5.92 Å². The summed E-state index contributed by atoms with van der Waals surface area (Å²) in [5.41, 5.74) is 0.707. The number of amides is 1. The Balaban J connectivity index is 2.11. The van der Waals surface area contributed by atoms with Gasteiger partial charge in [-0.15, -0.1) is 0 Å². The summed E-state index contributed by atoms with van der Waals surface area (Å²) in [5.74, 6) is 1.68. The minimum Gasteiger partial charge on any atom is -0.494 e. The van der Waals surface area contributed by atoms with Gasteiger partial charge in [0, 0.05) is 12.0 Å². The Hall–Kier alpha value is -1.71. The van der Waals surface area contributed by atoms with Gasteiger partial charge in [-0.25, -0.2) is 0 Å². The van der Waals surface area contributed by atoms with Crippen LogP contribution in [0.4, 0.5) is 5.69 Å². The van der Waals surface area contributed by atoms with Crippen molar-refractivity contribution in [3.8, 4) is 11.5 Å². The van der Waals surface area contributed by atoms with Crippen LogP contribution in [0.15, 0.2) is 18.2 Å². The number of nitrogens with one attached hydrogen (secondary N) is 1. The molecule has 1 aromatic carbocycles. The summed E-state index contributed by atoms with van der Waals surface area (Å²) in [6, 6.07) is 5.56. The highest BCUT2D eigenvalue weighted by molar-refractivity contribution is 5.94. The first-order valence-electron chi connectivity index (χ1n) is 7.95. The van der Waals surface area contributed by atoms with E-state index < -0.39 is 0 Å². The van der Waals surface area contributed by atoms with Gasteiger partial charge in [0.2, 0.25) is 5.91 Å². The second-order valence-corrected chi connectivity index (χ2v) is 5.35. The Morgan fingerprint density at radius 1 is 1.14 bits per heavy atom. The maximum absolute atomic E-state index is 12.4. The molecule has 0 atom stereocenters. The van der Waals surface area contributed by atoms with Gasteiger partial charge in [-0.3, -0.25) is 4.79 Å². The number of hydrogen-bond donors (Lipinski definition) is 1. The van der Waals surface area contributed by atoms with E-state index in [2.05, 4.69) is 5.32 Å². The summed E-state index contributed by atoms with van der Waals surface area (Å²) in [4.78, 5) is 12.4. The van der Waals surface area contributed by atoms with Gasteiger partial charge in [-0.1, -0.05) is 19.3 Å². The van der Waals surface area contributed by atoms with Crippen molar-refractivity contribution < 1.29 is 14.3 Å². The molecule has 1 N–H and O–H groups in total. The Kier molecular flexibility index (Phi) is 5.90. The van der Waals surface area contributed by atoms with E-state index in [4.69, 9.17) is 9.47 Å². The summed E-state index contributed by atoms with van der Waals surface area (Å²) < 4.78 is 11.1. The highest BCUT2D eigenvalue weighted by atomic mass is 16.5. The van der Waals surface area contributed by atoms with E-state index in [1.54, 1.807) is 0 Å². The predicted molar refractivity (Wildman–Crippen MR) is 84.0 cm³/mol. The van der Waals surface area contributed by atoms with E-state index in [1.807, 2.05) is 32.0 Å². The van der Waals surface area contributed by atoms with E-state index in [0.717, 1.165) is 31.4 Å². The fourth-order valence-corrected chi connectivity index (χ4v) is 2.74. The molecule has 1 aromatic rings.